The molecule has 2 heterocycles. The van der Waals surface area contributed by atoms with Crippen LogP contribution in [-0.4, -0.2) is 26.2 Å². The van der Waals surface area contributed by atoms with Gasteiger partial charge in [-0.15, -0.1) is 0 Å². The summed E-state index contributed by atoms with van der Waals surface area (Å²) in [6.07, 6.45) is 0. The molecule has 0 amide bonds. The van der Waals surface area contributed by atoms with Crippen molar-refractivity contribution in [2.75, 3.05) is 20.2 Å². The van der Waals surface area contributed by atoms with Crippen LogP contribution in [-0.2, 0) is 9.53 Å². The molecule has 96 valence electrons. The summed E-state index contributed by atoms with van der Waals surface area (Å²) in [5, 5.41) is 5.10. The molecule has 0 fully saturated rings. The van der Waals surface area contributed by atoms with E-state index in [0.29, 0.717) is 24.4 Å². The maximum atomic E-state index is 11.9. The second-order valence-electron chi connectivity index (χ2n) is 4.53. The SMILES string of the molecule is C=C1CNCC(C(=O)OC)=C2N=c3ccccc3=C12. The van der Waals surface area contributed by atoms with Gasteiger partial charge in [-0.3, -0.25) is 0 Å². The molecule has 0 radical (unpaired) electrons. The number of hydrogen-bond donors (Lipinski definition) is 1. The quantitative estimate of drug-likeness (QED) is 0.721. The second kappa shape index (κ2) is 4.48. The smallest absolute Gasteiger partial charge is 0.337 e. The number of allylic oxidation sites excluding steroid dienone is 1. The first kappa shape index (κ1) is 11.9. The summed E-state index contributed by atoms with van der Waals surface area (Å²) in [7, 11) is 1.39. The van der Waals surface area contributed by atoms with Crippen LogP contribution in [0.25, 0.3) is 5.57 Å². The lowest BCUT2D eigenvalue weighted by molar-refractivity contribution is -0.136. The van der Waals surface area contributed by atoms with Crippen molar-refractivity contribution in [3.63, 3.8) is 0 Å². The van der Waals surface area contributed by atoms with Gasteiger partial charge in [0.2, 0.25) is 0 Å². The highest BCUT2D eigenvalue weighted by molar-refractivity contribution is 5.96. The highest BCUT2D eigenvalue weighted by Gasteiger charge is 2.26. The van der Waals surface area contributed by atoms with Crippen molar-refractivity contribution in [3.8, 4) is 0 Å². The maximum Gasteiger partial charge on any atom is 0.337 e. The third-order valence-electron chi connectivity index (χ3n) is 3.35. The summed E-state index contributed by atoms with van der Waals surface area (Å²) >= 11 is 0. The van der Waals surface area contributed by atoms with E-state index in [0.717, 1.165) is 21.7 Å². The molecule has 0 atom stereocenters. The summed E-state index contributed by atoms with van der Waals surface area (Å²) in [6, 6.07) is 7.85. The normalized spacial score (nSPS) is 17.5. The van der Waals surface area contributed by atoms with E-state index >= 15 is 0 Å². The number of nitrogens with zero attached hydrogens (tertiary/aromatic N) is 1. The first-order chi connectivity index (χ1) is 9.22. The van der Waals surface area contributed by atoms with Crippen LogP contribution < -0.4 is 15.9 Å². The van der Waals surface area contributed by atoms with Gasteiger partial charge in [0.25, 0.3) is 0 Å². The Morgan fingerprint density at radius 3 is 2.95 bits per heavy atom. The Balaban J connectivity index is 2.35. The molecule has 1 aromatic carbocycles. The second-order valence-corrected chi connectivity index (χ2v) is 4.53. The number of fused-ring (bicyclic) bond motifs is 2. The zero-order valence-corrected chi connectivity index (χ0v) is 10.7. The number of hydrogen-bond acceptors (Lipinski definition) is 4. The van der Waals surface area contributed by atoms with Gasteiger partial charge >= 0.3 is 5.97 Å². The molecule has 4 heteroatoms. The van der Waals surface area contributed by atoms with E-state index in [1.165, 1.54) is 7.11 Å². The van der Waals surface area contributed by atoms with Crippen molar-refractivity contribution < 1.29 is 9.53 Å². The molecular formula is C15H14N2O2. The van der Waals surface area contributed by atoms with Crippen molar-refractivity contribution in [1.82, 2.24) is 5.32 Å². The Labute approximate surface area is 110 Å². The molecule has 0 saturated heterocycles. The topological polar surface area (TPSA) is 50.7 Å². The third-order valence-corrected chi connectivity index (χ3v) is 3.35. The molecule has 2 aliphatic heterocycles. The first-order valence-electron chi connectivity index (χ1n) is 6.11. The average molecular weight is 254 g/mol. The van der Waals surface area contributed by atoms with Crippen LogP contribution in [0.5, 0.6) is 0 Å². The minimum absolute atomic E-state index is 0.341. The highest BCUT2D eigenvalue weighted by Crippen LogP contribution is 2.26. The molecule has 1 N–H and O–H groups in total. The Morgan fingerprint density at radius 1 is 1.37 bits per heavy atom. The zero-order chi connectivity index (χ0) is 13.4. The van der Waals surface area contributed by atoms with E-state index in [2.05, 4.69) is 16.9 Å². The largest absolute Gasteiger partial charge is 0.466 e. The summed E-state index contributed by atoms with van der Waals surface area (Å²) in [5.41, 5.74) is 3.17. The van der Waals surface area contributed by atoms with E-state index in [9.17, 15) is 4.79 Å². The monoisotopic (exact) mass is 254 g/mol. The van der Waals surface area contributed by atoms with Gasteiger partial charge in [0.05, 0.1) is 23.7 Å². The summed E-state index contributed by atoms with van der Waals surface area (Å²) in [4.78, 5) is 16.5. The number of rotatable bonds is 1. The molecule has 3 rings (SSSR count). The lowest BCUT2D eigenvalue weighted by Gasteiger charge is -2.06. The summed E-state index contributed by atoms with van der Waals surface area (Å²) in [6.45, 7) is 5.18. The summed E-state index contributed by atoms with van der Waals surface area (Å²) in [5.74, 6) is -0.341. The Morgan fingerprint density at radius 2 is 2.16 bits per heavy atom. The highest BCUT2D eigenvalue weighted by atomic mass is 16.5. The Bertz CT molecular complexity index is 729. The van der Waals surface area contributed by atoms with Crippen LogP contribution in [0.2, 0.25) is 0 Å². The van der Waals surface area contributed by atoms with Crippen LogP contribution in [0.4, 0.5) is 0 Å². The lowest BCUT2D eigenvalue weighted by atomic mass is 10.0. The van der Waals surface area contributed by atoms with Gasteiger partial charge in [-0.25, -0.2) is 9.79 Å². The fourth-order valence-corrected chi connectivity index (χ4v) is 2.47. The molecule has 19 heavy (non-hydrogen) atoms. The number of esters is 1. The van der Waals surface area contributed by atoms with E-state index < -0.39 is 0 Å². The third kappa shape index (κ3) is 1.81. The molecule has 4 nitrogen and oxygen atoms in total. The summed E-state index contributed by atoms with van der Waals surface area (Å²) < 4.78 is 4.85. The molecule has 0 unspecified atom stereocenters. The van der Waals surface area contributed by atoms with Gasteiger partial charge in [-0.05, 0) is 11.6 Å². The Kier molecular flexibility index (Phi) is 2.80. The standard InChI is InChI=1S/C15H14N2O2/c1-9-7-16-8-11(15(18)19-2)14-13(9)10-5-3-4-6-12(10)17-14/h3-6,16H,1,7-8H2,2H3. The number of para-hydroxylation sites is 1. The average Bonchev–Trinajstić information content (AvgIpc) is 2.73. The molecule has 0 saturated carbocycles. The fraction of sp³-hybridized carbons (Fsp3) is 0.200. The van der Waals surface area contributed by atoms with Crippen molar-refractivity contribution in [1.29, 1.82) is 0 Å². The van der Waals surface area contributed by atoms with Crippen LogP contribution in [0.1, 0.15) is 0 Å². The van der Waals surface area contributed by atoms with Gasteiger partial charge in [0.1, 0.15) is 0 Å². The van der Waals surface area contributed by atoms with Gasteiger partial charge in [0.15, 0.2) is 0 Å². The van der Waals surface area contributed by atoms with E-state index in [-0.39, 0.29) is 5.97 Å². The van der Waals surface area contributed by atoms with E-state index in [4.69, 9.17) is 4.74 Å². The number of methoxy groups -OCH3 is 1. The minimum atomic E-state index is -0.341. The van der Waals surface area contributed by atoms with E-state index in [1.807, 2.05) is 24.3 Å². The molecule has 0 spiro atoms. The molecule has 1 aromatic rings. The van der Waals surface area contributed by atoms with Gasteiger partial charge in [-0.2, -0.15) is 0 Å². The van der Waals surface area contributed by atoms with E-state index in [1.54, 1.807) is 0 Å². The molecule has 0 bridgehead atoms. The van der Waals surface area contributed by atoms with Gasteiger partial charge in [-0.1, -0.05) is 24.8 Å². The maximum absolute atomic E-state index is 11.9. The van der Waals surface area contributed by atoms with Crippen LogP contribution >= 0.6 is 0 Å². The number of carbonyl (C=O) groups excluding carboxylic acids is 1. The molecule has 2 aliphatic rings. The molecular weight excluding hydrogens is 240 g/mol. The van der Waals surface area contributed by atoms with Crippen LogP contribution in [0.15, 0.2) is 52.7 Å². The van der Waals surface area contributed by atoms with Crippen molar-refractivity contribution >= 4 is 11.5 Å². The zero-order valence-electron chi connectivity index (χ0n) is 10.7. The fourth-order valence-electron chi connectivity index (χ4n) is 2.47. The number of nitrogens with one attached hydrogen (secondary N) is 1. The Hall–Kier alpha value is -2.20. The molecule has 0 aliphatic carbocycles. The van der Waals surface area contributed by atoms with Crippen LogP contribution in [0, 0.1) is 0 Å². The molecule has 0 aromatic heterocycles. The van der Waals surface area contributed by atoms with Crippen molar-refractivity contribution in [3.05, 3.63) is 58.3 Å². The van der Waals surface area contributed by atoms with Crippen molar-refractivity contribution in [2.24, 2.45) is 4.99 Å². The first-order valence-corrected chi connectivity index (χ1v) is 6.11. The minimum Gasteiger partial charge on any atom is -0.466 e. The van der Waals surface area contributed by atoms with Gasteiger partial charge < -0.3 is 10.1 Å². The number of ether oxygens (including phenoxy) is 1. The predicted molar refractivity (Wildman–Crippen MR) is 71.7 cm³/mol. The van der Waals surface area contributed by atoms with Gasteiger partial charge in [0, 0.05) is 23.9 Å². The number of benzene rings is 1. The number of carbonyl (C=O) groups is 1. The predicted octanol–water partition coefficient (Wildman–Crippen LogP) is 0.0570. The lowest BCUT2D eigenvalue weighted by Crippen LogP contribution is -2.25. The van der Waals surface area contributed by atoms with Crippen molar-refractivity contribution in [2.45, 2.75) is 0 Å². The van der Waals surface area contributed by atoms with Crippen LogP contribution in [0.3, 0.4) is 0 Å².